The van der Waals surface area contributed by atoms with Crippen LogP contribution in [0.15, 0.2) is 42.6 Å². The first-order valence-electron chi connectivity index (χ1n) is 11.0. The van der Waals surface area contributed by atoms with Gasteiger partial charge in [0.2, 0.25) is 5.91 Å². The van der Waals surface area contributed by atoms with E-state index < -0.39 is 11.9 Å². The van der Waals surface area contributed by atoms with Gasteiger partial charge in [0.15, 0.2) is 0 Å². The number of para-hydroxylation sites is 1. The number of esters is 1. The topological polar surface area (TPSA) is 138 Å². The number of aryl methyl sites for hydroxylation is 1. The third-order valence-corrected chi connectivity index (χ3v) is 5.44. The van der Waals surface area contributed by atoms with Gasteiger partial charge in [-0.1, -0.05) is 18.2 Å². The van der Waals surface area contributed by atoms with E-state index in [1.54, 1.807) is 0 Å². The van der Waals surface area contributed by atoms with Crippen LogP contribution >= 0.6 is 0 Å². The lowest BCUT2D eigenvalue weighted by atomic mass is 9.98. The second kappa shape index (κ2) is 13.1. The number of ether oxygens (including phenoxy) is 1. The molecule has 2 aromatic rings. The first kappa shape index (κ1) is 26.6. The third-order valence-electron chi connectivity index (χ3n) is 5.44. The van der Waals surface area contributed by atoms with Gasteiger partial charge in [-0.25, -0.2) is 14.4 Å². The average Bonchev–Trinajstić information content (AvgIpc) is 3.14. The molecule has 1 amide bonds. The molecule has 1 aliphatic heterocycles. The maximum absolute atomic E-state index is 12.5. The molecule has 0 saturated carbocycles. The number of aromatic nitrogens is 1. The van der Waals surface area contributed by atoms with Crippen LogP contribution < -0.4 is 5.32 Å². The Labute approximate surface area is 197 Å². The van der Waals surface area contributed by atoms with Crippen LogP contribution in [0.3, 0.4) is 0 Å². The van der Waals surface area contributed by atoms with Gasteiger partial charge < -0.3 is 29.7 Å². The van der Waals surface area contributed by atoms with Crippen molar-refractivity contribution in [3.05, 3.63) is 48.2 Å². The number of aliphatic carboxylic acids is 2. The Balaban J connectivity index is 0.000000440. The average molecular weight is 474 g/mol. The first-order valence-corrected chi connectivity index (χ1v) is 11.0. The van der Waals surface area contributed by atoms with Crippen LogP contribution in [0.1, 0.15) is 30.1 Å². The van der Waals surface area contributed by atoms with Crippen LogP contribution in [0.5, 0.6) is 0 Å². The highest BCUT2D eigenvalue weighted by Crippen LogP contribution is 2.22. The molecule has 1 aromatic heterocycles. The smallest absolute Gasteiger partial charge is 0.340 e. The predicted octanol–water partition coefficient (Wildman–Crippen LogP) is 1.90. The van der Waals surface area contributed by atoms with E-state index in [0.717, 1.165) is 43.4 Å². The summed E-state index contributed by atoms with van der Waals surface area (Å²) in [6, 6.07) is 7.87. The van der Waals surface area contributed by atoms with E-state index in [1.165, 1.54) is 6.92 Å². The third kappa shape index (κ3) is 8.70. The maximum atomic E-state index is 12.5. The van der Waals surface area contributed by atoms with Gasteiger partial charge in [-0.15, -0.1) is 0 Å². The number of carbonyl (C=O) groups is 4. The molecule has 1 saturated heterocycles. The zero-order valence-electron chi connectivity index (χ0n) is 19.4. The van der Waals surface area contributed by atoms with Crippen molar-refractivity contribution >= 4 is 34.7 Å². The highest BCUT2D eigenvalue weighted by Gasteiger charge is 2.22. The number of likely N-dealkylation sites (tertiary alicyclic amines) is 1. The summed E-state index contributed by atoms with van der Waals surface area (Å²) in [5.74, 6) is -2.33. The molecule has 0 aliphatic carbocycles. The van der Waals surface area contributed by atoms with Gasteiger partial charge in [-0.05, 0) is 37.9 Å². The van der Waals surface area contributed by atoms with E-state index in [-0.39, 0.29) is 11.9 Å². The second-order valence-electron chi connectivity index (χ2n) is 8.05. The van der Waals surface area contributed by atoms with Crippen molar-refractivity contribution in [2.75, 3.05) is 32.8 Å². The highest BCUT2D eigenvalue weighted by molar-refractivity contribution is 6.04. The van der Waals surface area contributed by atoms with E-state index in [9.17, 15) is 19.2 Å². The van der Waals surface area contributed by atoms with Gasteiger partial charge in [0, 0.05) is 56.3 Å². The Hall–Kier alpha value is -3.66. The van der Waals surface area contributed by atoms with Crippen molar-refractivity contribution in [1.82, 2.24) is 14.8 Å². The van der Waals surface area contributed by atoms with Crippen molar-refractivity contribution in [3.63, 3.8) is 0 Å². The van der Waals surface area contributed by atoms with Crippen LogP contribution in [-0.2, 0) is 26.2 Å². The van der Waals surface area contributed by atoms with E-state index in [0.29, 0.717) is 36.8 Å². The Morgan fingerprint density at radius 2 is 1.71 bits per heavy atom. The van der Waals surface area contributed by atoms with Crippen LogP contribution in [-0.4, -0.2) is 76.3 Å². The lowest BCUT2D eigenvalue weighted by Gasteiger charge is -2.31. The zero-order chi connectivity index (χ0) is 25.1. The van der Waals surface area contributed by atoms with Crippen LogP contribution in [0.25, 0.3) is 10.9 Å². The Morgan fingerprint density at radius 3 is 2.29 bits per heavy atom. The molecule has 3 rings (SSSR count). The summed E-state index contributed by atoms with van der Waals surface area (Å²) in [5.41, 5.74) is 1.67. The van der Waals surface area contributed by atoms with Crippen LogP contribution in [0.4, 0.5) is 0 Å². The van der Waals surface area contributed by atoms with Crippen molar-refractivity contribution < 1.29 is 34.1 Å². The maximum Gasteiger partial charge on any atom is 0.340 e. The molecule has 1 fully saturated rings. The molecule has 10 nitrogen and oxygen atoms in total. The van der Waals surface area contributed by atoms with Gasteiger partial charge in [-0.2, -0.15) is 0 Å². The van der Waals surface area contributed by atoms with Gasteiger partial charge >= 0.3 is 17.9 Å². The number of amides is 1. The molecule has 34 heavy (non-hydrogen) atoms. The van der Waals surface area contributed by atoms with Crippen LogP contribution in [0, 0.1) is 5.92 Å². The summed E-state index contributed by atoms with van der Waals surface area (Å²) in [6.45, 7) is 5.54. The Kier molecular flexibility index (Phi) is 10.3. The minimum absolute atomic E-state index is 0.0141. The fraction of sp³-hybridized carbons (Fsp3) is 0.417. The van der Waals surface area contributed by atoms with Crippen molar-refractivity contribution in [1.29, 1.82) is 0 Å². The van der Waals surface area contributed by atoms with E-state index in [4.69, 9.17) is 14.9 Å². The van der Waals surface area contributed by atoms with Crippen LogP contribution in [0.2, 0.25) is 0 Å². The number of carboxylic acid groups (broad SMARTS) is 2. The molecule has 1 aliphatic rings. The molecule has 2 heterocycles. The van der Waals surface area contributed by atoms with Crippen molar-refractivity contribution in [3.8, 4) is 0 Å². The minimum Gasteiger partial charge on any atom is -0.478 e. The lowest BCUT2D eigenvalue weighted by Crippen LogP contribution is -2.40. The molecule has 0 atom stereocenters. The monoisotopic (exact) mass is 473 g/mol. The minimum atomic E-state index is -1.26. The molecule has 0 spiro atoms. The molecule has 0 unspecified atom stereocenters. The fourth-order valence-electron chi connectivity index (χ4n) is 3.68. The number of fused-ring (bicyclic) bond motifs is 1. The molecule has 1 aromatic carbocycles. The summed E-state index contributed by atoms with van der Waals surface area (Å²) >= 11 is 0. The second-order valence-corrected chi connectivity index (χ2v) is 8.05. The molecular weight excluding hydrogens is 442 g/mol. The van der Waals surface area contributed by atoms with Crippen molar-refractivity contribution in [2.45, 2.75) is 19.8 Å². The summed E-state index contributed by atoms with van der Waals surface area (Å²) in [5, 5.41) is 19.4. The Morgan fingerprint density at radius 1 is 1.09 bits per heavy atom. The number of carbonyl (C=O) groups excluding carboxylic acids is 2. The first-order chi connectivity index (χ1) is 16.2. The molecule has 184 valence electrons. The SMILES string of the molecule is CC(=O)NCCN1CCC(COC(=O)c2cn(C)c3ccccc23)CC1.O=C(O)C=CC(=O)O. The number of carboxylic acids is 2. The molecule has 3 N–H and O–H groups in total. The summed E-state index contributed by atoms with van der Waals surface area (Å²) in [6.07, 6.45) is 4.99. The zero-order valence-corrected chi connectivity index (χ0v) is 19.4. The molecule has 10 heteroatoms. The fourth-order valence-corrected chi connectivity index (χ4v) is 3.68. The van der Waals surface area contributed by atoms with Gasteiger partial charge in [-0.3, -0.25) is 4.79 Å². The standard InChI is InChI=1S/C20H27N3O3.C4H4O4/c1-15(24)21-9-12-23-10-7-16(8-11-23)14-26-20(25)18-13-22(2)19-6-4-3-5-17(18)19;5-3(6)1-2-4(7)8/h3-6,13,16H,7-12,14H2,1-2H3,(H,21,24);1-2H,(H,5,6)(H,7,8). The van der Waals surface area contributed by atoms with E-state index in [1.807, 2.05) is 42.1 Å². The lowest BCUT2D eigenvalue weighted by molar-refractivity contribution is -0.134. The number of hydrogen-bond donors (Lipinski definition) is 3. The molecule has 0 radical (unpaired) electrons. The Bertz CT molecular complexity index is 1020. The molecule has 0 bridgehead atoms. The molecular formula is C24H31N3O7. The number of nitrogens with one attached hydrogen (secondary N) is 1. The largest absolute Gasteiger partial charge is 0.478 e. The predicted molar refractivity (Wildman–Crippen MR) is 125 cm³/mol. The normalized spacial score (nSPS) is 14.4. The van der Waals surface area contributed by atoms with E-state index >= 15 is 0 Å². The quantitative estimate of drug-likeness (QED) is 0.390. The summed E-state index contributed by atoms with van der Waals surface area (Å²) < 4.78 is 7.57. The highest BCUT2D eigenvalue weighted by atomic mass is 16.5. The number of piperidine rings is 1. The van der Waals surface area contributed by atoms with E-state index in [2.05, 4.69) is 10.2 Å². The van der Waals surface area contributed by atoms with Crippen molar-refractivity contribution in [2.24, 2.45) is 13.0 Å². The summed E-state index contributed by atoms with van der Waals surface area (Å²) in [7, 11) is 1.94. The van der Waals surface area contributed by atoms with Gasteiger partial charge in [0.05, 0.1) is 12.2 Å². The van der Waals surface area contributed by atoms with Gasteiger partial charge in [0.1, 0.15) is 0 Å². The number of nitrogens with zero attached hydrogens (tertiary/aromatic N) is 2. The number of rotatable bonds is 8. The number of benzene rings is 1. The van der Waals surface area contributed by atoms with Gasteiger partial charge in [0.25, 0.3) is 0 Å². The summed E-state index contributed by atoms with van der Waals surface area (Å²) in [4.78, 5) is 44.9. The number of hydrogen-bond acceptors (Lipinski definition) is 6.